The first-order valence-corrected chi connectivity index (χ1v) is 6.10. The van der Waals surface area contributed by atoms with E-state index in [4.69, 9.17) is 4.74 Å². The molecule has 0 N–H and O–H groups in total. The van der Waals surface area contributed by atoms with Gasteiger partial charge >= 0.3 is 0 Å². The third-order valence-corrected chi connectivity index (χ3v) is 4.24. The van der Waals surface area contributed by atoms with Crippen LogP contribution in [0.25, 0.3) is 0 Å². The summed E-state index contributed by atoms with van der Waals surface area (Å²) < 4.78 is 5.40. The van der Waals surface area contributed by atoms with Crippen LogP contribution in [0.5, 0.6) is 0 Å². The summed E-state index contributed by atoms with van der Waals surface area (Å²) in [6, 6.07) is 0.874. The second-order valence-electron chi connectivity index (χ2n) is 4.99. The number of rotatable bonds is 1. The monoisotopic (exact) mass is 194 g/mol. The second kappa shape index (κ2) is 3.82. The van der Waals surface area contributed by atoms with Crippen molar-refractivity contribution in [1.82, 2.24) is 4.90 Å². The molecule has 79 valence electrons. The van der Waals surface area contributed by atoms with E-state index in [1.54, 1.807) is 0 Å². The van der Waals surface area contributed by atoms with Gasteiger partial charge in [0.1, 0.15) is 0 Å². The van der Waals surface area contributed by atoms with E-state index in [0.717, 1.165) is 25.2 Å². The summed E-state index contributed by atoms with van der Waals surface area (Å²) in [7, 11) is 0. The summed E-state index contributed by atoms with van der Waals surface area (Å²) in [5.41, 5.74) is 0. The summed E-state index contributed by atoms with van der Waals surface area (Å²) in [5, 5.41) is 0. The van der Waals surface area contributed by atoms with Crippen LogP contribution in [0.4, 0.5) is 0 Å². The van der Waals surface area contributed by atoms with Gasteiger partial charge in [-0.1, -0.05) is 6.42 Å². The van der Waals surface area contributed by atoms with E-state index in [1.165, 1.54) is 45.2 Å². The van der Waals surface area contributed by atoms with Crippen molar-refractivity contribution in [2.75, 3.05) is 26.3 Å². The highest BCUT2D eigenvalue weighted by Gasteiger charge is 2.39. The van der Waals surface area contributed by atoms with Crippen LogP contribution < -0.4 is 0 Å². The highest BCUT2D eigenvalue weighted by atomic mass is 16.5. The van der Waals surface area contributed by atoms with Gasteiger partial charge in [0.25, 0.3) is 0 Å². The Hall–Kier alpha value is -0.0800. The molecule has 2 nitrogen and oxygen atoms in total. The molecule has 2 heteroatoms. The molecule has 3 fully saturated rings. The fraction of sp³-hybridized carbons (Fsp3) is 0.917. The second-order valence-corrected chi connectivity index (χ2v) is 4.99. The van der Waals surface area contributed by atoms with E-state index in [2.05, 4.69) is 4.90 Å². The lowest BCUT2D eigenvalue weighted by atomic mass is 10.0. The Morgan fingerprint density at radius 1 is 1.21 bits per heavy atom. The Kier molecular flexibility index (Phi) is 2.50. The van der Waals surface area contributed by atoms with Crippen LogP contribution in [0.2, 0.25) is 0 Å². The van der Waals surface area contributed by atoms with Crippen molar-refractivity contribution in [2.24, 2.45) is 5.92 Å². The molecule has 1 saturated heterocycles. The maximum atomic E-state index is 5.40. The highest BCUT2D eigenvalue weighted by Crippen LogP contribution is 2.47. The van der Waals surface area contributed by atoms with Crippen molar-refractivity contribution in [1.29, 1.82) is 0 Å². The molecular formula is C12H20NO. The maximum absolute atomic E-state index is 5.40. The number of hydrogen-bond acceptors (Lipinski definition) is 2. The molecule has 0 spiro atoms. The smallest absolute Gasteiger partial charge is 0.0594 e. The van der Waals surface area contributed by atoms with Gasteiger partial charge in [-0.25, -0.2) is 0 Å². The minimum absolute atomic E-state index is 0.874. The summed E-state index contributed by atoms with van der Waals surface area (Å²) in [6.07, 6.45) is 7.25. The van der Waals surface area contributed by atoms with E-state index in [1.807, 2.05) is 5.92 Å². The molecule has 1 heterocycles. The molecule has 0 aromatic heterocycles. The number of ether oxygens (including phenoxy) is 1. The molecular weight excluding hydrogens is 174 g/mol. The lowest BCUT2D eigenvalue weighted by molar-refractivity contribution is 0.0170. The minimum Gasteiger partial charge on any atom is -0.379 e. The third kappa shape index (κ3) is 1.59. The Labute approximate surface area is 86.6 Å². The zero-order valence-electron chi connectivity index (χ0n) is 8.87. The van der Waals surface area contributed by atoms with Gasteiger partial charge in [-0.15, -0.1) is 0 Å². The topological polar surface area (TPSA) is 12.5 Å². The minimum atomic E-state index is 0.874. The molecule has 2 saturated carbocycles. The quantitative estimate of drug-likeness (QED) is 0.631. The van der Waals surface area contributed by atoms with Crippen molar-refractivity contribution in [3.8, 4) is 0 Å². The van der Waals surface area contributed by atoms with Crippen molar-refractivity contribution < 1.29 is 4.74 Å². The Balaban J connectivity index is 1.59. The number of morpholine rings is 1. The molecule has 0 bridgehead atoms. The van der Waals surface area contributed by atoms with Crippen molar-refractivity contribution >= 4 is 0 Å². The van der Waals surface area contributed by atoms with Crippen LogP contribution in [0.15, 0.2) is 0 Å². The molecule has 1 radical (unpaired) electrons. The number of nitrogens with zero attached hydrogens (tertiary/aromatic N) is 1. The Morgan fingerprint density at radius 2 is 2.07 bits per heavy atom. The first kappa shape index (κ1) is 9.17. The van der Waals surface area contributed by atoms with Gasteiger partial charge in [0.15, 0.2) is 0 Å². The van der Waals surface area contributed by atoms with E-state index >= 15 is 0 Å². The molecule has 3 aliphatic rings. The van der Waals surface area contributed by atoms with E-state index < -0.39 is 0 Å². The summed E-state index contributed by atoms with van der Waals surface area (Å²) in [6.45, 7) is 4.25. The normalized spacial score (nSPS) is 40.3. The summed E-state index contributed by atoms with van der Waals surface area (Å²) >= 11 is 0. The Morgan fingerprint density at radius 3 is 2.86 bits per heavy atom. The van der Waals surface area contributed by atoms with Gasteiger partial charge in [-0.3, -0.25) is 4.90 Å². The van der Waals surface area contributed by atoms with Crippen LogP contribution in [-0.2, 0) is 4.74 Å². The van der Waals surface area contributed by atoms with E-state index in [0.29, 0.717) is 0 Å². The predicted octanol–water partition coefficient (Wildman–Crippen LogP) is 1.86. The SMILES string of the molecule is C1C[C]2C[C@@H](N3CCOCC3)C[C@H]2C1. The predicted molar refractivity (Wildman–Crippen MR) is 56.0 cm³/mol. The van der Waals surface area contributed by atoms with Gasteiger partial charge in [0, 0.05) is 19.1 Å². The van der Waals surface area contributed by atoms with E-state index in [-0.39, 0.29) is 0 Å². The van der Waals surface area contributed by atoms with Crippen molar-refractivity contribution in [2.45, 2.75) is 38.1 Å². The molecule has 1 aliphatic heterocycles. The molecule has 0 aromatic rings. The molecule has 3 rings (SSSR count). The van der Waals surface area contributed by atoms with Crippen LogP contribution in [0.3, 0.4) is 0 Å². The maximum Gasteiger partial charge on any atom is 0.0594 e. The van der Waals surface area contributed by atoms with Crippen LogP contribution in [0.1, 0.15) is 32.1 Å². The highest BCUT2D eigenvalue weighted by molar-refractivity contribution is 5.11. The largest absolute Gasteiger partial charge is 0.379 e. The van der Waals surface area contributed by atoms with Gasteiger partial charge in [0.05, 0.1) is 13.2 Å². The fourth-order valence-electron chi connectivity index (χ4n) is 3.47. The summed E-state index contributed by atoms with van der Waals surface area (Å²) in [5.74, 6) is 2.89. The molecule has 0 amide bonds. The zero-order valence-corrected chi connectivity index (χ0v) is 8.87. The van der Waals surface area contributed by atoms with Gasteiger partial charge in [-0.2, -0.15) is 0 Å². The molecule has 2 atom stereocenters. The van der Waals surface area contributed by atoms with Crippen LogP contribution >= 0.6 is 0 Å². The average Bonchev–Trinajstić information content (AvgIpc) is 2.78. The van der Waals surface area contributed by atoms with Gasteiger partial charge < -0.3 is 4.74 Å². The molecule has 0 unspecified atom stereocenters. The lowest BCUT2D eigenvalue weighted by Crippen LogP contribution is -2.42. The third-order valence-electron chi connectivity index (χ3n) is 4.24. The van der Waals surface area contributed by atoms with E-state index in [9.17, 15) is 0 Å². The van der Waals surface area contributed by atoms with Gasteiger partial charge in [-0.05, 0) is 37.5 Å². The first-order chi connectivity index (χ1) is 6.93. The zero-order chi connectivity index (χ0) is 9.38. The van der Waals surface area contributed by atoms with Crippen molar-refractivity contribution in [3.63, 3.8) is 0 Å². The standard InChI is InChI=1S/C12H20NO/c1-2-10-8-12(9-11(10)3-1)13-4-6-14-7-5-13/h10,12H,1-9H2/t10-,12+/m1/s1. The fourth-order valence-corrected chi connectivity index (χ4v) is 3.47. The van der Waals surface area contributed by atoms with Crippen molar-refractivity contribution in [3.05, 3.63) is 5.92 Å². The number of fused-ring (bicyclic) bond motifs is 1. The average molecular weight is 194 g/mol. The summed E-state index contributed by atoms with van der Waals surface area (Å²) in [4.78, 5) is 2.66. The molecule has 14 heavy (non-hydrogen) atoms. The molecule has 0 aromatic carbocycles. The Bertz CT molecular complexity index is 188. The van der Waals surface area contributed by atoms with Crippen LogP contribution in [0, 0.1) is 11.8 Å². The number of hydrogen-bond donors (Lipinski definition) is 0. The lowest BCUT2D eigenvalue weighted by Gasteiger charge is -2.32. The molecule has 2 aliphatic carbocycles. The first-order valence-electron chi connectivity index (χ1n) is 6.10. The van der Waals surface area contributed by atoms with Gasteiger partial charge in [0.2, 0.25) is 0 Å². The van der Waals surface area contributed by atoms with Crippen LogP contribution in [-0.4, -0.2) is 37.2 Å².